The quantitative estimate of drug-likeness (QED) is 0.501. The lowest BCUT2D eigenvalue weighted by molar-refractivity contribution is -0.131. The van der Waals surface area contributed by atoms with Gasteiger partial charge in [0.15, 0.2) is 9.76 Å². The summed E-state index contributed by atoms with van der Waals surface area (Å²) in [7, 11) is -0.993. The second kappa shape index (κ2) is 4.27. The highest BCUT2D eigenvalue weighted by atomic mass is 28.2. The molecule has 0 spiro atoms. The fraction of sp³-hybridized carbons (Fsp3) is 1.00. The van der Waals surface area contributed by atoms with Crippen LogP contribution in [0.1, 0.15) is 27.2 Å². The summed E-state index contributed by atoms with van der Waals surface area (Å²) in [6.07, 6.45) is -4.72. The van der Waals surface area contributed by atoms with Crippen LogP contribution in [0.15, 0.2) is 0 Å². The molecule has 0 rings (SSSR count). The van der Waals surface area contributed by atoms with E-state index in [4.69, 9.17) is 4.43 Å². The molecule has 0 N–H and O–H groups in total. The Morgan fingerprint density at radius 1 is 1.17 bits per heavy atom. The molecular weight excluding hydrogens is 185 g/mol. The predicted molar refractivity (Wildman–Crippen MR) is 44.9 cm³/mol. The summed E-state index contributed by atoms with van der Waals surface area (Å²) in [6.45, 7) is 5.56. The standard InChI is InChI=1S/C7H15F3OSi/c1-6(2,3)11-12-5-4-7(8,9)10/h4-5,12H2,1-3H3. The molecule has 0 unspecified atom stereocenters. The van der Waals surface area contributed by atoms with Gasteiger partial charge in [0, 0.05) is 12.0 Å². The van der Waals surface area contributed by atoms with Crippen LogP contribution in [0, 0.1) is 0 Å². The molecule has 0 saturated heterocycles. The molecule has 0 aliphatic rings. The largest absolute Gasteiger partial charge is 0.419 e. The summed E-state index contributed by atoms with van der Waals surface area (Å²) in [5.74, 6) is 0. The van der Waals surface area contributed by atoms with Gasteiger partial charge in [0.1, 0.15) is 0 Å². The zero-order valence-corrected chi connectivity index (χ0v) is 9.08. The minimum absolute atomic E-state index is 0.181. The molecule has 0 aromatic carbocycles. The van der Waals surface area contributed by atoms with Crippen LogP contribution in [0.4, 0.5) is 13.2 Å². The monoisotopic (exact) mass is 200 g/mol. The van der Waals surface area contributed by atoms with Gasteiger partial charge in [-0.1, -0.05) is 0 Å². The lowest BCUT2D eigenvalue weighted by atomic mass is 10.2. The van der Waals surface area contributed by atoms with Gasteiger partial charge in [0.25, 0.3) is 0 Å². The Hall–Kier alpha value is -0.0331. The summed E-state index contributed by atoms with van der Waals surface area (Å²) in [6, 6.07) is 0.181. The highest BCUT2D eigenvalue weighted by Crippen LogP contribution is 2.21. The molecule has 1 nitrogen and oxygen atoms in total. The van der Waals surface area contributed by atoms with Gasteiger partial charge >= 0.3 is 6.18 Å². The SMILES string of the molecule is CC(C)(C)O[SiH2]CCC(F)(F)F. The molecule has 12 heavy (non-hydrogen) atoms. The Morgan fingerprint density at radius 3 is 2.00 bits per heavy atom. The number of halogens is 3. The number of rotatable bonds is 3. The minimum Gasteiger partial charge on any atom is -0.419 e. The van der Waals surface area contributed by atoms with E-state index in [9.17, 15) is 13.2 Å². The van der Waals surface area contributed by atoms with Crippen LogP contribution in [0.5, 0.6) is 0 Å². The van der Waals surface area contributed by atoms with E-state index in [1.54, 1.807) is 0 Å². The van der Waals surface area contributed by atoms with Crippen LogP contribution in [0.25, 0.3) is 0 Å². The van der Waals surface area contributed by atoms with E-state index in [1.165, 1.54) is 0 Å². The van der Waals surface area contributed by atoms with E-state index < -0.39 is 22.4 Å². The first-order chi connectivity index (χ1) is 5.21. The van der Waals surface area contributed by atoms with Gasteiger partial charge < -0.3 is 4.43 Å². The van der Waals surface area contributed by atoms with E-state index in [-0.39, 0.29) is 11.6 Å². The van der Waals surface area contributed by atoms with Gasteiger partial charge in [-0.2, -0.15) is 13.2 Å². The molecule has 0 aromatic heterocycles. The van der Waals surface area contributed by atoms with Crippen molar-refractivity contribution in [3.8, 4) is 0 Å². The smallest absolute Gasteiger partial charge is 0.388 e. The Kier molecular flexibility index (Phi) is 4.26. The van der Waals surface area contributed by atoms with Gasteiger partial charge in [-0.05, 0) is 26.8 Å². The third kappa shape index (κ3) is 9.97. The summed E-state index contributed by atoms with van der Waals surface area (Å²) in [5.41, 5.74) is -0.280. The number of alkyl halides is 3. The van der Waals surface area contributed by atoms with Crippen LogP contribution < -0.4 is 0 Å². The first kappa shape index (κ1) is 12.0. The fourth-order valence-electron chi connectivity index (χ4n) is 0.651. The topological polar surface area (TPSA) is 9.23 Å². The van der Waals surface area contributed by atoms with Crippen LogP contribution >= 0.6 is 0 Å². The van der Waals surface area contributed by atoms with Crippen molar-refractivity contribution in [3.63, 3.8) is 0 Å². The third-order valence-electron chi connectivity index (χ3n) is 1.14. The maximum Gasteiger partial charge on any atom is 0.388 e. The van der Waals surface area contributed by atoms with Gasteiger partial charge in [-0.15, -0.1) is 0 Å². The average molecular weight is 200 g/mol. The van der Waals surface area contributed by atoms with Crippen LogP contribution in [0.3, 0.4) is 0 Å². The first-order valence-electron chi connectivity index (χ1n) is 3.91. The summed E-state index contributed by atoms with van der Waals surface area (Å²) >= 11 is 0. The molecule has 74 valence electrons. The Labute approximate surface area is 73.2 Å². The fourth-order valence-corrected chi connectivity index (χ4v) is 1.95. The molecule has 0 aliphatic heterocycles. The average Bonchev–Trinajstić information content (AvgIpc) is 1.76. The highest BCUT2D eigenvalue weighted by molar-refractivity contribution is 6.27. The van der Waals surface area contributed by atoms with Crippen LogP contribution in [0.2, 0.25) is 6.04 Å². The summed E-state index contributed by atoms with van der Waals surface area (Å²) in [4.78, 5) is 0. The van der Waals surface area contributed by atoms with E-state index >= 15 is 0 Å². The van der Waals surface area contributed by atoms with E-state index in [1.807, 2.05) is 20.8 Å². The van der Waals surface area contributed by atoms with E-state index in [0.717, 1.165) is 0 Å². The van der Waals surface area contributed by atoms with Crippen molar-refractivity contribution in [2.75, 3.05) is 0 Å². The van der Waals surface area contributed by atoms with Crippen molar-refractivity contribution < 1.29 is 17.6 Å². The van der Waals surface area contributed by atoms with Crippen LogP contribution in [-0.4, -0.2) is 21.5 Å². The molecule has 0 fully saturated rings. The van der Waals surface area contributed by atoms with Gasteiger partial charge in [-0.3, -0.25) is 0 Å². The predicted octanol–water partition coefficient (Wildman–Crippen LogP) is 2.26. The van der Waals surface area contributed by atoms with Crippen molar-refractivity contribution in [3.05, 3.63) is 0 Å². The van der Waals surface area contributed by atoms with Crippen molar-refractivity contribution in [1.29, 1.82) is 0 Å². The molecule has 0 saturated carbocycles. The Balaban J connectivity index is 3.35. The maximum atomic E-state index is 11.6. The van der Waals surface area contributed by atoms with E-state index in [2.05, 4.69) is 0 Å². The van der Waals surface area contributed by atoms with E-state index in [0.29, 0.717) is 0 Å². The molecule has 0 aromatic rings. The maximum absolute atomic E-state index is 11.6. The van der Waals surface area contributed by atoms with Gasteiger partial charge in [0.2, 0.25) is 0 Å². The Bertz CT molecular complexity index is 112. The minimum atomic E-state index is -4.02. The molecule has 0 bridgehead atoms. The highest BCUT2D eigenvalue weighted by Gasteiger charge is 2.26. The first-order valence-corrected chi connectivity index (χ1v) is 5.49. The second-order valence-corrected chi connectivity index (χ2v) is 5.08. The zero-order valence-electron chi connectivity index (χ0n) is 7.66. The number of hydrogen-bond acceptors (Lipinski definition) is 1. The van der Waals surface area contributed by atoms with Gasteiger partial charge in [-0.25, -0.2) is 0 Å². The molecule has 0 aliphatic carbocycles. The lowest BCUT2D eigenvalue weighted by Gasteiger charge is -2.19. The zero-order chi connectivity index (χ0) is 9.83. The summed E-state index contributed by atoms with van der Waals surface area (Å²) in [5, 5.41) is 0. The third-order valence-corrected chi connectivity index (χ3v) is 2.85. The molecular formula is C7H15F3OSi. The molecule has 0 heterocycles. The van der Waals surface area contributed by atoms with Crippen molar-refractivity contribution in [2.24, 2.45) is 0 Å². The normalized spacial score (nSPS) is 14.5. The second-order valence-electron chi connectivity index (χ2n) is 3.68. The van der Waals surface area contributed by atoms with Crippen LogP contribution in [-0.2, 0) is 4.43 Å². The number of hydrogen-bond donors (Lipinski definition) is 0. The summed E-state index contributed by atoms with van der Waals surface area (Å²) < 4.78 is 40.2. The molecule has 0 radical (unpaired) electrons. The molecule has 5 heteroatoms. The molecule has 0 amide bonds. The van der Waals surface area contributed by atoms with Gasteiger partial charge in [0.05, 0.1) is 0 Å². The Morgan fingerprint density at radius 2 is 1.67 bits per heavy atom. The lowest BCUT2D eigenvalue weighted by Crippen LogP contribution is -2.22. The van der Waals surface area contributed by atoms with Crippen molar-refractivity contribution in [1.82, 2.24) is 0 Å². The van der Waals surface area contributed by atoms with Crippen molar-refractivity contribution >= 4 is 9.76 Å². The van der Waals surface area contributed by atoms with Crippen molar-refractivity contribution in [2.45, 2.75) is 45.0 Å². The molecule has 0 atom stereocenters.